The Morgan fingerprint density at radius 2 is 0.305 bits per heavy atom. The van der Waals surface area contributed by atoms with Gasteiger partial charge in [0.25, 0.3) is 0 Å². The van der Waals surface area contributed by atoms with Crippen LogP contribution >= 0.6 is 0 Å². The first-order valence-corrected chi connectivity index (χ1v) is 35.2. The third kappa shape index (κ3) is 22.2. The van der Waals surface area contributed by atoms with Crippen molar-refractivity contribution in [3.8, 4) is 0 Å². The Hall–Kier alpha value is -1.68. The molecule has 0 spiro atoms. The molecular formula is C63H112O42. The van der Waals surface area contributed by atoms with Gasteiger partial charge in [-0.2, -0.15) is 0 Å². The van der Waals surface area contributed by atoms with Crippen LogP contribution in [-0.2, 0) is 99.5 Å². The maximum absolute atomic E-state index is 12.5. The van der Waals surface area contributed by atoms with Gasteiger partial charge >= 0.3 is 0 Å². The van der Waals surface area contributed by atoms with Crippen LogP contribution < -0.4 is 0 Å². The van der Waals surface area contributed by atoms with Gasteiger partial charge in [-0.15, -0.1) is 0 Å². The van der Waals surface area contributed by atoms with Crippen LogP contribution in [0.3, 0.4) is 0 Å². The summed E-state index contributed by atoms with van der Waals surface area (Å²) in [5, 5.41) is 238. The second kappa shape index (κ2) is 41.4. The number of hydrogen-bond acceptors (Lipinski definition) is 42. The van der Waals surface area contributed by atoms with Gasteiger partial charge in [-0.1, -0.05) is 0 Å². The molecule has 42 heteroatoms. The van der Waals surface area contributed by atoms with Gasteiger partial charge in [0.2, 0.25) is 0 Å². The first-order chi connectivity index (χ1) is 49.9. The molecule has 0 radical (unpaired) electrons. The summed E-state index contributed by atoms with van der Waals surface area (Å²) in [6, 6.07) is 0. The lowest BCUT2D eigenvalue weighted by Gasteiger charge is -2.51. The standard InChI is InChI=1S/C63H112O42/c1-22(71)15-85-50-36(78)43-29(8-64)92-57(50)99-44-30(9-65)93-59(51(37(44)79)86-16-23(2)72)101-46-32(11-67)95-61(53(39(46)81)88-18-25(4)74)103-48-34(13-69)97-63(55(41(48)83)90-20-27(6)76)105-49-35(14-70)98-62(56(42(49)84)91-21-28(7)77)104-47-33(12-68)96-60(54(40(47)82)89-19-26(5)75)102-45-31(10-66)94-58(100-43)52(38(45)80)87-17-24(3)73/h22-84H,8-21H2,1-7H3/t22?,23?,24?,25?,26?,27?,28?,29-,30-,31-,32-,33-,34-,35-,36+,37+,38+,39+,40+,41+,42?,43-,44-,45-,46-,47-,48-,49-,50-,51-,52-,53-,54-,55-,56-,57-,58-,59-,60-,61-,62-,63-/m1/s1. The molecule has 42 atom stereocenters. The van der Waals surface area contributed by atoms with E-state index in [4.69, 9.17) is 99.5 Å². The molecule has 21 heterocycles. The van der Waals surface area contributed by atoms with Crippen LogP contribution in [0, 0.1) is 0 Å². The predicted molar refractivity (Wildman–Crippen MR) is 336 cm³/mol. The lowest BCUT2D eigenvalue weighted by Crippen LogP contribution is -2.69. The fourth-order valence-electron chi connectivity index (χ4n) is 13.3. The summed E-state index contributed by atoms with van der Waals surface area (Å²) in [5.74, 6) is 0. The van der Waals surface area contributed by atoms with Gasteiger partial charge in [0, 0.05) is 0 Å². The molecule has 0 saturated carbocycles. The zero-order chi connectivity index (χ0) is 77.0. The molecule has 21 rings (SSSR count). The van der Waals surface area contributed by atoms with Crippen LogP contribution in [0.2, 0.25) is 0 Å². The Bertz CT molecular complexity index is 2000. The Balaban J connectivity index is 1.24. The van der Waals surface area contributed by atoms with Gasteiger partial charge < -0.3 is 207 Å². The predicted octanol–water partition coefficient (Wildman–Crippen LogP) is -12.4. The zero-order valence-corrected chi connectivity index (χ0v) is 59.1. The van der Waals surface area contributed by atoms with Gasteiger partial charge in [-0.25, -0.2) is 0 Å². The van der Waals surface area contributed by atoms with Gasteiger partial charge in [0.15, 0.2) is 44.0 Å². The number of rotatable bonds is 28. The number of aliphatic hydroxyl groups is 21. The molecule has 21 N–H and O–H groups in total. The van der Waals surface area contributed by atoms with E-state index < -0.39 is 350 Å². The van der Waals surface area contributed by atoms with Crippen LogP contribution in [0.25, 0.3) is 0 Å². The topological polar surface area (TPSA) is 619 Å². The monoisotopic (exact) mass is 1540 g/mol. The second-order valence-electron chi connectivity index (χ2n) is 27.7. The molecule has 42 nitrogen and oxygen atoms in total. The second-order valence-corrected chi connectivity index (χ2v) is 27.7. The van der Waals surface area contributed by atoms with Crippen LogP contribution in [-0.4, -0.2) is 457 Å². The van der Waals surface area contributed by atoms with Crippen LogP contribution in [0.4, 0.5) is 0 Å². The van der Waals surface area contributed by atoms with Crippen molar-refractivity contribution in [1.82, 2.24) is 0 Å². The van der Waals surface area contributed by atoms with Crippen molar-refractivity contribution in [2.75, 3.05) is 92.5 Å². The average Bonchev–Trinajstić information content (AvgIpc) is 0.787. The first-order valence-electron chi connectivity index (χ1n) is 35.2. The van der Waals surface area contributed by atoms with E-state index in [0.29, 0.717) is 0 Å². The molecule has 8 unspecified atom stereocenters. The summed E-state index contributed by atoms with van der Waals surface area (Å²) in [4.78, 5) is 0. The lowest BCUT2D eigenvalue weighted by molar-refractivity contribution is -0.403. The van der Waals surface area contributed by atoms with Crippen LogP contribution in [0.1, 0.15) is 48.5 Å². The molecule has 21 saturated heterocycles. The van der Waals surface area contributed by atoms with E-state index in [1.165, 1.54) is 48.5 Å². The van der Waals surface area contributed by atoms with Gasteiger partial charge in [0.05, 0.1) is 135 Å². The number of aliphatic hydroxyl groups excluding tert-OH is 21. The normalized spacial score (nSPS) is 46.0. The van der Waals surface area contributed by atoms with Crippen molar-refractivity contribution in [2.24, 2.45) is 0 Å². The van der Waals surface area contributed by atoms with E-state index >= 15 is 0 Å². The van der Waals surface area contributed by atoms with Crippen LogP contribution in [0.15, 0.2) is 0 Å². The van der Waals surface area contributed by atoms with E-state index in [1.54, 1.807) is 0 Å². The minimum Gasteiger partial charge on any atom is -0.394 e. The molecule has 21 aliphatic heterocycles. The zero-order valence-electron chi connectivity index (χ0n) is 59.1. The Morgan fingerprint density at radius 3 is 0.390 bits per heavy atom. The van der Waals surface area contributed by atoms with Crippen molar-refractivity contribution >= 4 is 0 Å². The van der Waals surface area contributed by atoms with Gasteiger partial charge in [-0.3, -0.25) is 0 Å². The van der Waals surface area contributed by atoms with Gasteiger partial charge in [0.1, 0.15) is 171 Å². The number of ether oxygens (including phenoxy) is 21. The molecule has 21 aliphatic rings. The molecule has 0 aromatic rings. The van der Waals surface area contributed by atoms with Crippen molar-refractivity contribution in [3.05, 3.63) is 0 Å². The smallest absolute Gasteiger partial charge is 0.187 e. The molecular weight excluding hydrogens is 1430 g/mol. The van der Waals surface area contributed by atoms with Crippen molar-refractivity contribution < 1.29 is 207 Å². The average molecular weight is 1540 g/mol. The molecule has 21 fully saturated rings. The minimum atomic E-state index is -2.08. The molecule has 0 amide bonds. The largest absolute Gasteiger partial charge is 0.394 e. The summed E-state index contributed by atoms with van der Waals surface area (Å²) in [6.45, 7) is -2.30. The maximum atomic E-state index is 12.5. The molecule has 0 aromatic heterocycles. The SMILES string of the molecule is CC(O)CO[C@H]1[C@@H]2O[C@H](CO)[C@@H](O[C@H]3O[C@H](CO)[C@@H](O[C@H]4O[C@H](CO)[C@@H](O[C@H]5O[C@H](CO)[C@@H](O[C@H]6O[C@H](CO)[C@@H](O[C@H]7O[C@H](CO)[C@@H](O[C@H]8O[C@H](CO)[C@@H](O2)C(O)[C@H]8OCC(C)O)[C@H](O)[C@H]7OCC(C)O)[C@H](O)[C@H]6OCC(C)O)[C@H](O)[C@H]5OCC(C)O)[C@H](O)[C@H]4OCC(C)O)[C@H](O)[C@H]3OCC(C)O)[C@@H]1O. The minimum absolute atomic E-state index is 0.586. The Morgan fingerprint density at radius 1 is 0.200 bits per heavy atom. The maximum Gasteiger partial charge on any atom is 0.187 e. The first kappa shape index (κ1) is 88.9. The highest BCUT2D eigenvalue weighted by Gasteiger charge is 2.61. The third-order valence-corrected chi connectivity index (χ3v) is 18.3. The van der Waals surface area contributed by atoms with E-state index in [2.05, 4.69) is 0 Å². The van der Waals surface area contributed by atoms with E-state index in [9.17, 15) is 107 Å². The summed E-state index contributed by atoms with van der Waals surface area (Å²) < 4.78 is 130. The lowest BCUT2D eigenvalue weighted by atomic mass is 9.94. The quantitative estimate of drug-likeness (QED) is 0.0346. The van der Waals surface area contributed by atoms with Crippen molar-refractivity contribution in [2.45, 2.75) is 306 Å². The summed E-state index contributed by atoms with van der Waals surface area (Å²) in [6.07, 6.45) is -75.5. The Labute approximate surface area is 603 Å². The fraction of sp³-hybridized carbons (Fsp3) is 1.00. The fourth-order valence-corrected chi connectivity index (χ4v) is 13.3. The highest BCUT2D eigenvalue weighted by atomic mass is 16.8. The summed E-state index contributed by atoms with van der Waals surface area (Å²) in [5.41, 5.74) is 0. The van der Waals surface area contributed by atoms with Gasteiger partial charge in [-0.05, 0) is 48.5 Å². The van der Waals surface area contributed by atoms with E-state index in [-0.39, 0.29) is 0 Å². The van der Waals surface area contributed by atoms with Crippen molar-refractivity contribution in [1.29, 1.82) is 0 Å². The number of hydrogen-bond donors (Lipinski definition) is 21. The summed E-state index contributed by atoms with van der Waals surface area (Å²) in [7, 11) is 0. The Kier molecular flexibility index (Phi) is 35.0. The van der Waals surface area contributed by atoms with E-state index in [0.717, 1.165) is 0 Å². The highest BCUT2D eigenvalue weighted by molar-refractivity contribution is 5.03. The molecule has 14 bridgehead atoms. The summed E-state index contributed by atoms with van der Waals surface area (Å²) >= 11 is 0. The molecule has 0 aromatic carbocycles. The third-order valence-electron chi connectivity index (χ3n) is 18.3. The molecule has 0 aliphatic carbocycles. The highest BCUT2D eigenvalue weighted by Crippen LogP contribution is 2.42. The molecule has 616 valence electrons. The van der Waals surface area contributed by atoms with E-state index in [1.807, 2.05) is 0 Å². The van der Waals surface area contributed by atoms with Crippen molar-refractivity contribution in [3.63, 3.8) is 0 Å². The van der Waals surface area contributed by atoms with Crippen LogP contribution in [0.5, 0.6) is 0 Å². The molecule has 105 heavy (non-hydrogen) atoms.